The van der Waals surface area contributed by atoms with Crippen LogP contribution in [0.3, 0.4) is 0 Å². The first-order chi connectivity index (χ1) is 11.7. The van der Waals surface area contributed by atoms with E-state index < -0.39 is 0 Å². The van der Waals surface area contributed by atoms with Gasteiger partial charge in [-0.05, 0) is 48.9 Å². The molecule has 2 heterocycles. The Morgan fingerprint density at radius 3 is 2.92 bits per heavy atom. The largest absolute Gasteiger partial charge is 0.487 e. The molecule has 1 atom stereocenters. The minimum Gasteiger partial charge on any atom is -0.487 e. The second-order valence-electron chi connectivity index (χ2n) is 6.91. The summed E-state index contributed by atoms with van der Waals surface area (Å²) >= 11 is 0. The van der Waals surface area contributed by atoms with Crippen LogP contribution in [0.25, 0.3) is 11.3 Å². The zero-order valence-electron chi connectivity index (χ0n) is 13.9. The van der Waals surface area contributed by atoms with Crippen LogP contribution in [-0.2, 0) is 11.2 Å². The van der Waals surface area contributed by atoms with Gasteiger partial charge in [-0.2, -0.15) is 0 Å². The SMILES string of the molecule is Cc1ccc(-c2cccc3c2O[C@@H](CNC(=O)CC2CC2)C3)nc1. The van der Waals surface area contributed by atoms with Crippen molar-refractivity contribution >= 4 is 5.91 Å². The van der Waals surface area contributed by atoms with Crippen LogP contribution in [0.4, 0.5) is 0 Å². The summed E-state index contributed by atoms with van der Waals surface area (Å²) in [5.41, 5.74) is 4.29. The number of benzene rings is 1. The van der Waals surface area contributed by atoms with E-state index >= 15 is 0 Å². The molecule has 4 nitrogen and oxygen atoms in total. The quantitative estimate of drug-likeness (QED) is 0.919. The molecule has 2 aromatic rings. The topological polar surface area (TPSA) is 51.2 Å². The highest BCUT2D eigenvalue weighted by Crippen LogP contribution is 2.38. The maximum absolute atomic E-state index is 11.9. The van der Waals surface area contributed by atoms with E-state index in [1.54, 1.807) is 0 Å². The van der Waals surface area contributed by atoms with Crippen LogP contribution in [0.5, 0.6) is 5.75 Å². The van der Waals surface area contributed by atoms with Gasteiger partial charge in [0.15, 0.2) is 0 Å². The van der Waals surface area contributed by atoms with Crippen molar-refractivity contribution in [1.29, 1.82) is 0 Å². The molecule has 1 saturated carbocycles. The molecule has 0 saturated heterocycles. The molecular weight excluding hydrogens is 300 g/mol. The Hall–Kier alpha value is -2.36. The van der Waals surface area contributed by atoms with Crippen molar-refractivity contribution in [2.45, 2.75) is 38.7 Å². The molecule has 1 aromatic carbocycles. The summed E-state index contributed by atoms with van der Waals surface area (Å²) in [5.74, 6) is 1.68. The smallest absolute Gasteiger partial charge is 0.220 e. The third-order valence-electron chi connectivity index (χ3n) is 4.71. The maximum atomic E-state index is 11.9. The monoisotopic (exact) mass is 322 g/mol. The molecule has 1 aliphatic heterocycles. The van der Waals surface area contributed by atoms with Gasteiger partial charge in [-0.1, -0.05) is 18.2 Å². The summed E-state index contributed by atoms with van der Waals surface area (Å²) in [6.07, 6.45) is 5.78. The lowest BCUT2D eigenvalue weighted by atomic mass is 10.0. The maximum Gasteiger partial charge on any atom is 0.220 e. The first-order valence-electron chi connectivity index (χ1n) is 8.67. The Labute approximate surface area is 142 Å². The van der Waals surface area contributed by atoms with Gasteiger partial charge in [0.1, 0.15) is 11.9 Å². The van der Waals surface area contributed by atoms with Crippen molar-refractivity contribution in [2.24, 2.45) is 5.92 Å². The minimum atomic E-state index is 0.00903. The number of pyridine rings is 1. The number of para-hydroxylation sites is 1. The number of hydrogen-bond acceptors (Lipinski definition) is 3. The molecule has 124 valence electrons. The summed E-state index contributed by atoms with van der Waals surface area (Å²) in [7, 11) is 0. The van der Waals surface area contributed by atoms with Crippen LogP contribution in [-0.4, -0.2) is 23.5 Å². The predicted molar refractivity (Wildman–Crippen MR) is 92.9 cm³/mol. The highest BCUT2D eigenvalue weighted by atomic mass is 16.5. The molecule has 1 aliphatic carbocycles. The number of ether oxygens (including phenoxy) is 1. The number of rotatable bonds is 5. The van der Waals surface area contributed by atoms with Crippen molar-refractivity contribution in [2.75, 3.05) is 6.54 Å². The van der Waals surface area contributed by atoms with E-state index in [1.807, 2.05) is 31.3 Å². The lowest BCUT2D eigenvalue weighted by molar-refractivity contribution is -0.121. The molecule has 24 heavy (non-hydrogen) atoms. The van der Waals surface area contributed by atoms with E-state index in [4.69, 9.17) is 4.74 Å². The fraction of sp³-hybridized carbons (Fsp3) is 0.400. The van der Waals surface area contributed by atoms with Crippen molar-refractivity contribution in [3.05, 3.63) is 47.7 Å². The molecule has 0 radical (unpaired) electrons. The molecule has 2 aliphatic rings. The molecule has 0 spiro atoms. The average molecular weight is 322 g/mol. The van der Waals surface area contributed by atoms with Gasteiger partial charge in [0.25, 0.3) is 0 Å². The van der Waals surface area contributed by atoms with Crippen LogP contribution in [0.15, 0.2) is 36.5 Å². The zero-order valence-corrected chi connectivity index (χ0v) is 13.9. The van der Waals surface area contributed by atoms with E-state index in [-0.39, 0.29) is 12.0 Å². The van der Waals surface area contributed by atoms with Crippen molar-refractivity contribution in [3.8, 4) is 17.0 Å². The number of aromatic nitrogens is 1. The van der Waals surface area contributed by atoms with Gasteiger partial charge in [-0.25, -0.2) is 0 Å². The van der Waals surface area contributed by atoms with Crippen molar-refractivity contribution in [1.82, 2.24) is 10.3 Å². The summed E-state index contributed by atoms with van der Waals surface area (Å²) in [6, 6.07) is 10.3. The lowest BCUT2D eigenvalue weighted by Gasteiger charge is -2.13. The summed E-state index contributed by atoms with van der Waals surface area (Å²) in [5, 5.41) is 3.02. The molecule has 0 unspecified atom stereocenters. The Balaban J connectivity index is 1.44. The number of nitrogens with zero attached hydrogens (tertiary/aromatic N) is 1. The number of aryl methyl sites for hydroxylation is 1. The van der Waals surface area contributed by atoms with Gasteiger partial charge in [-0.15, -0.1) is 0 Å². The predicted octanol–water partition coefficient (Wildman–Crippen LogP) is 3.28. The van der Waals surface area contributed by atoms with Crippen LogP contribution in [0.1, 0.15) is 30.4 Å². The summed E-state index contributed by atoms with van der Waals surface area (Å²) in [6.45, 7) is 2.60. The second kappa shape index (κ2) is 6.27. The van der Waals surface area contributed by atoms with Gasteiger partial charge >= 0.3 is 0 Å². The number of amides is 1. The molecule has 1 fully saturated rings. The molecule has 4 heteroatoms. The molecule has 0 bridgehead atoms. The molecule has 1 amide bonds. The van der Waals surface area contributed by atoms with Crippen molar-refractivity contribution in [3.63, 3.8) is 0 Å². The Bertz CT molecular complexity index is 751. The van der Waals surface area contributed by atoms with E-state index in [9.17, 15) is 4.79 Å². The standard InChI is InChI=1S/C20H22N2O2/c1-13-5-8-18(21-11-13)17-4-2-3-15-10-16(24-20(15)17)12-22-19(23)9-14-6-7-14/h2-5,8,11,14,16H,6-7,9-10,12H2,1H3,(H,22,23)/t16-/m1/s1. The van der Waals surface area contributed by atoms with Crippen molar-refractivity contribution < 1.29 is 9.53 Å². The number of carbonyl (C=O) groups is 1. The first kappa shape index (κ1) is 15.2. The third kappa shape index (κ3) is 3.28. The molecule has 1 N–H and O–H groups in total. The first-order valence-corrected chi connectivity index (χ1v) is 8.67. The summed E-state index contributed by atoms with van der Waals surface area (Å²) < 4.78 is 6.14. The van der Waals surface area contributed by atoms with Crippen LogP contribution < -0.4 is 10.1 Å². The Kier molecular flexibility index (Phi) is 3.97. The molecular formula is C20H22N2O2. The lowest BCUT2D eigenvalue weighted by Crippen LogP contribution is -2.34. The van der Waals surface area contributed by atoms with Gasteiger partial charge in [-0.3, -0.25) is 9.78 Å². The minimum absolute atomic E-state index is 0.00903. The number of carbonyl (C=O) groups excluding carboxylic acids is 1. The van der Waals surface area contributed by atoms with Gasteiger partial charge in [0.2, 0.25) is 5.91 Å². The second-order valence-corrected chi connectivity index (χ2v) is 6.91. The fourth-order valence-corrected chi connectivity index (χ4v) is 3.17. The van der Waals surface area contributed by atoms with Gasteiger partial charge in [0, 0.05) is 24.6 Å². The zero-order chi connectivity index (χ0) is 16.5. The molecule has 1 aromatic heterocycles. The van der Waals surface area contributed by atoms with E-state index in [2.05, 4.69) is 22.4 Å². The normalized spacial score (nSPS) is 18.8. The highest BCUT2D eigenvalue weighted by Gasteiger charge is 2.28. The van der Waals surface area contributed by atoms with Crippen LogP contribution in [0, 0.1) is 12.8 Å². The van der Waals surface area contributed by atoms with Gasteiger partial charge in [0.05, 0.1) is 12.2 Å². The van der Waals surface area contributed by atoms with E-state index in [0.29, 0.717) is 18.9 Å². The Morgan fingerprint density at radius 2 is 2.17 bits per heavy atom. The van der Waals surface area contributed by atoms with E-state index in [1.165, 1.54) is 18.4 Å². The summed E-state index contributed by atoms with van der Waals surface area (Å²) in [4.78, 5) is 16.4. The third-order valence-corrected chi connectivity index (χ3v) is 4.71. The number of hydrogen-bond donors (Lipinski definition) is 1. The Morgan fingerprint density at radius 1 is 1.29 bits per heavy atom. The number of nitrogens with one attached hydrogen (secondary N) is 1. The fourth-order valence-electron chi connectivity index (χ4n) is 3.17. The van der Waals surface area contributed by atoms with E-state index in [0.717, 1.165) is 29.0 Å². The van der Waals surface area contributed by atoms with Crippen LogP contribution >= 0.6 is 0 Å². The number of fused-ring (bicyclic) bond motifs is 1. The molecule has 4 rings (SSSR count). The van der Waals surface area contributed by atoms with Crippen LogP contribution in [0.2, 0.25) is 0 Å². The highest BCUT2D eigenvalue weighted by molar-refractivity contribution is 5.76. The average Bonchev–Trinajstić information content (AvgIpc) is 3.29. The van der Waals surface area contributed by atoms with Gasteiger partial charge < -0.3 is 10.1 Å².